The molecule has 0 amide bonds. The minimum Gasteiger partial charge on any atom is -0.496 e. The molecule has 1 aromatic carbocycles. The third-order valence-corrected chi connectivity index (χ3v) is 2.73. The number of ether oxygens (including phenoxy) is 1. The van der Waals surface area contributed by atoms with Crippen LogP contribution in [-0.2, 0) is 0 Å². The second-order valence-corrected chi connectivity index (χ2v) is 4.02. The summed E-state index contributed by atoms with van der Waals surface area (Å²) < 4.78 is 5.30. The first-order valence-corrected chi connectivity index (χ1v) is 5.29. The Morgan fingerprint density at radius 3 is 2.44 bits per heavy atom. The third kappa shape index (κ3) is 1.81. The van der Waals surface area contributed by atoms with E-state index in [-0.39, 0.29) is 0 Å². The molecule has 0 aliphatic heterocycles. The number of nitrogens with one attached hydrogen (secondary N) is 1. The van der Waals surface area contributed by atoms with E-state index in [4.69, 9.17) is 4.74 Å². The average molecular weight is 216 g/mol. The molecule has 3 heteroatoms. The lowest BCUT2D eigenvalue weighted by Gasteiger charge is -2.09. The monoisotopic (exact) mass is 216 g/mol. The number of hydrogen-bond acceptors (Lipinski definition) is 2. The van der Waals surface area contributed by atoms with Crippen molar-refractivity contribution in [2.45, 2.75) is 20.8 Å². The van der Waals surface area contributed by atoms with Crippen LogP contribution in [0.15, 0.2) is 18.3 Å². The molecule has 0 unspecified atom stereocenters. The highest BCUT2D eigenvalue weighted by molar-refractivity contribution is 5.66. The van der Waals surface area contributed by atoms with Gasteiger partial charge in [-0.1, -0.05) is 0 Å². The molecular formula is C13H16N2O. The summed E-state index contributed by atoms with van der Waals surface area (Å²) in [6, 6.07) is 4.18. The maximum absolute atomic E-state index is 5.30. The van der Waals surface area contributed by atoms with Gasteiger partial charge < -0.3 is 9.72 Å². The fourth-order valence-corrected chi connectivity index (χ4v) is 1.86. The van der Waals surface area contributed by atoms with E-state index >= 15 is 0 Å². The number of hydrogen-bond donors (Lipinski definition) is 1. The van der Waals surface area contributed by atoms with E-state index in [2.05, 4.69) is 29.0 Å². The second-order valence-electron chi connectivity index (χ2n) is 4.02. The molecule has 0 aliphatic rings. The van der Waals surface area contributed by atoms with Crippen molar-refractivity contribution in [3.05, 3.63) is 35.3 Å². The molecule has 0 saturated heterocycles. The first-order chi connectivity index (χ1) is 7.61. The Hall–Kier alpha value is -1.77. The van der Waals surface area contributed by atoms with E-state index in [9.17, 15) is 0 Å². The number of rotatable bonds is 2. The van der Waals surface area contributed by atoms with Crippen molar-refractivity contribution >= 4 is 0 Å². The molecule has 1 heterocycles. The van der Waals surface area contributed by atoms with E-state index < -0.39 is 0 Å². The third-order valence-electron chi connectivity index (χ3n) is 2.73. The van der Waals surface area contributed by atoms with E-state index in [0.29, 0.717) is 0 Å². The van der Waals surface area contributed by atoms with Gasteiger partial charge in [-0.25, -0.2) is 4.98 Å². The largest absolute Gasteiger partial charge is 0.496 e. The van der Waals surface area contributed by atoms with Crippen LogP contribution in [-0.4, -0.2) is 17.1 Å². The van der Waals surface area contributed by atoms with Crippen molar-refractivity contribution in [1.82, 2.24) is 9.97 Å². The molecule has 0 spiro atoms. The van der Waals surface area contributed by atoms with Gasteiger partial charge in [0, 0.05) is 5.56 Å². The Kier molecular flexibility index (Phi) is 2.69. The van der Waals surface area contributed by atoms with Crippen LogP contribution in [0.2, 0.25) is 0 Å². The molecule has 0 atom stereocenters. The van der Waals surface area contributed by atoms with Gasteiger partial charge in [0.1, 0.15) is 11.6 Å². The molecule has 0 radical (unpaired) electrons. The van der Waals surface area contributed by atoms with Crippen molar-refractivity contribution in [1.29, 1.82) is 0 Å². The maximum atomic E-state index is 5.30. The normalized spacial score (nSPS) is 10.5. The SMILES string of the molecule is COc1cc(C)c(-c2cnc(C)[nH]2)cc1C. The fourth-order valence-electron chi connectivity index (χ4n) is 1.86. The highest BCUT2D eigenvalue weighted by atomic mass is 16.5. The number of aromatic amines is 1. The molecule has 1 N–H and O–H groups in total. The number of benzene rings is 1. The molecule has 0 bridgehead atoms. The summed E-state index contributed by atoms with van der Waals surface area (Å²) in [6.07, 6.45) is 1.86. The topological polar surface area (TPSA) is 37.9 Å². The lowest BCUT2D eigenvalue weighted by Crippen LogP contribution is -1.91. The van der Waals surface area contributed by atoms with Crippen molar-refractivity contribution in [2.75, 3.05) is 7.11 Å². The summed E-state index contributed by atoms with van der Waals surface area (Å²) >= 11 is 0. The Bertz CT molecular complexity index is 515. The quantitative estimate of drug-likeness (QED) is 0.838. The van der Waals surface area contributed by atoms with Crippen LogP contribution in [0, 0.1) is 20.8 Å². The van der Waals surface area contributed by atoms with Crippen LogP contribution >= 0.6 is 0 Å². The summed E-state index contributed by atoms with van der Waals surface area (Å²) in [5, 5.41) is 0. The van der Waals surface area contributed by atoms with Gasteiger partial charge in [-0.15, -0.1) is 0 Å². The lowest BCUT2D eigenvalue weighted by atomic mass is 10.0. The minimum absolute atomic E-state index is 0.928. The van der Waals surface area contributed by atoms with Crippen LogP contribution in [0.5, 0.6) is 5.75 Å². The Morgan fingerprint density at radius 2 is 1.88 bits per heavy atom. The van der Waals surface area contributed by atoms with E-state index in [1.54, 1.807) is 7.11 Å². The number of aryl methyl sites for hydroxylation is 3. The molecule has 0 aliphatic carbocycles. The van der Waals surface area contributed by atoms with Gasteiger partial charge >= 0.3 is 0 Å². The zero-order valence-corrected chi connectivity index (χ0v) is 10.1. The zero-order valence-electron chi connectivity index (χ0n) is 10.1. The molecule has 84 valence electrons. The van der Waals surface area contributed by atoms with E-state index in [1.165, 1.54) is 11.1 Å². The molecule has 2 aromatic rings. The summed E-state index contributed by atoms with van der Waals surface area (Å²) in [5.41, 5.74) is 4.56. The molecule has 1 aromatic heterocycles. The van der Waals surface area contributed by atoms with Crippen LogP contribution in [0.3, 0.4) is 0 Å². The van der Waals surface area contributed by atoms with Gasteiger partial charge in [0.25, 0.3) is 0 Å². The molecule has 3 nitrogen and oxygen atoms in total. The van der Waals surface area contributed by atoms with Gasteiger partial charge in [-0.2, -0.15) is 0 Å². The summed E-state index contributed by atoms with van der Waals surface area (Å²) in [5.74, 6) is 1.86. The van der Waals surface area contributed by atoms with Crippen LogP contribution < -0.4 is 4.74 Å². The minimum atomic E-state index is 0.928. The van der Waals surface area contributed by atoms with Crippen LogP contribution in [0.4, 0.5) is 0 Å². The summed E-state index contributed by atoms with van der Waals surface area (Å²) in [7, 11) is 1.70. The first kappa shape index (κ1) is 10.7. The molecule has 16 heavy (non-hydrogen) atoms. The molecule has 0 fully saturated rings. The second kappa shape index (κ2) is 4.00. The predicted molar refractivity (Wildman–Crippen MR) is 64.8 cm³/mol. The van der Waals surface area contributed by atoms with Crippen LogP contribution in [0.25, 0.3) is 11.3 Å². The molecular weight excluding hydrogens is 200 g/mol. The smallest absolute Gasteiger partial charge is 0.122 e. The highest BCUT2D eigenvalue weighted by Gasteiger charge is 2.08. The maximum Gasteiger partial charge on any atom is 0.122 e. The van der Waals surface area contributed by atoms with Gasteiger partial charge in [-0.3, -0.25) is 0 Å². The van der Waals surface area contributed by atoms with Gasteiger partial charge in [-0.05, 0) is 44.0 Å². The number of imidazole rings is 1. The van der Waals surface area contributed by atoms with E-state index in [1.807, 2.05) is 20.0 Å². The van der Waals surface area contributed by atoms with Crippen LogP contribution in [0.1, 0.15) is 17.0 Å². The summed E-state index contributed by atoms with van der Waals surface area (Å²) in [6.45, 7) is 6.08. The Morgan fingerprint density at radius 1 is 1.12 bits per heavy atom. The van der Waals surface area contributed by atoms with Gasteiger partial charge in [0.05, 0.1) is 19.0 Å². The molecule has 2 rings (SSSR count). The van der Waals surface area contributed by atoms with Crippen molar-refractivity contribution in [2.24, 2.45) is 0 Å². The van der Waals surface area contributed by atoms with E-state index in [0.717, 1.165) is 22.8 Å². The molecule has 0 saturated carbocycles. The first-order valence-electron chi connectivity index (χ1n) is 5.29. The van der Waals surface area contributed by atoms with Crippen molar-refractivity contribution < 1.29 is 4.74 Å². The number of nitrogens with zero attached hydrogens (tertiary/aromatic N) is 1. The standard InChI is InChI=1S/C13H16N2O/c1-8-6-13(16-4)9(2)5-11(8)12-7-14-10(3)15-12/h5-7H,1-4H3,(H,14,15). The summed E-state index contributed by atoms with van der Waals surface area (Å²) in [4.78, 5) is 7.47. The Labute approximate surface area is 95.5 Å². The predicted octanol–water partition coefficient (Wildman–Crippen LogP) is 3.01. The van der Waals surface area contributed by atoms with Gasteiger partial charge in [0.2, 0.25) is 0 Å². The van der Waals surface area contributed by atoms with Gasteiger partial charge in [0.15, 0.2) is 0 Å². The lowest BCUT2D eigenvalue weighted by molar-refractivity contribution is 0.411. The number of methoxy groups -OCH3 is 1. The fraction of sp³-hybridized carbons (Fsp3) is 0.308. The van der Waals surface area contributed by atoms with Crippen molar-refractivity contribution in [3.8, 4) is 17.0 Å². The average Bonchev–Trinajstić information content (AvgIpc) is 2.67. The van der Waals surface area contributed by atoms with Crippen molar-refractivity contribution in [3.63, 3.8) is 0 Å². The highest BCUT2D eigenvalue weighted by Crippen LogP contribution is 2.28. The number of H-pyrrole nitrogens is 1. The zero-order chi connectivity index (χ0) is 11.7. The number of aromatic nitrogens is 2. The Balaban J connectivity index is 2.54.